The second kappa shape index (κ2) is 7.87. The van der Waals surface area contributed by atoms with E-state index in [4.69, 9.17) is 16.6 Å². The molecule has 1 aromatic heterocycles. The van der Waals surface area contributed by atoms with Crippen molar-refractivity contribution < 1.29 is 4.79 Å². The summed E-state index contributed by atoms with van der Waals surface area (Å²) >= 11 is 6.18. The molecule has 0 radical (unpaired) electrons. The second-order valence-corrected chi connectivity index (χ2v) is 7.11. The van der Waals surface area contributed by atoms with E-state index in [0.29, 0.717) is 24.1 Å². The standard InChI is InChI=1S/C20H23ClN4O/c1-4-18(26)25-10-8-14(9-11-25)19-17(13-22-20(23-19)24(2)3)15-6-5-7-16(21)12-15/h4-7,12-14H,1,8-11H2,2-3H3. The molecule has 3 rings (SSSR count). The summed E-state index contributed by atoms with van der Waals surface area (Å²) < 4.78 is 0. The number of anilines is 1. The molecule has 1 saturated heterocycles. The summed E-state index contributed by atoms with van der Waals surface area (Å²) in [6, 6.07) is 7.76. The molecule has 2 heterocycles. The maximum Gasteiger partial charge on any atom is 0.245 e. The third-order valence-electron chi connectivity index (χ3n) is 4.71. The number of hydrogen-bond donors (Lipinski definition) is 0. The molecule has 1 fully saturated rings. The summed E-state index contributed by atoms with van der Waals surface area (Å²) in [5.41, 5.74) is 3.05. The van der Waals surface area contributed by atoms with E-state index in [9.17, 15) is 4.79 Å². The van der Waals surface area contributed by atoms with Crippen LogP contribution >= 0.6 is 11.6 Å². The average Bonchev–Trinajstić information content (AvgIpc) is 2.67. The monoisotopic (exact) mass is 370 g/mol. The molecule has 0 spiro atoms. The van der Waals surface area contributed by atoms with Gasteiger partial charge in [-0.15, -0.1) is 0 Å². The summed E-state index contributed by atoms with van der Waals surface area (Å²) in [5, 5.41) is 0.691. The first-order chi connectivity index (χ1) is 12.5. The van der Waals surface area contributed by atoms with E-state index < -0.39 is 0 Å². The Bertz CT molecular complexity index is 813. The van der Waals surface area contributed by atoms with Gasteiger partial charge in [-0.1, -0.05) is 30.3 Å². The maximum absolute atomic E-state index is 11.8. The van der Waals surface area contributed by atoms with Gasteiger partial charge in [-0.3, -0.25) is 4.79 Å². The van der Waals surface area contributed by atoms with Gasteiger partial charge in [-0.05, 0) is 36.6 Å². The fourth-order valence-electron chi connectivity index (χ4n) is 3.29. The van der Waals surface area contributed by atoms with Crippen molar-refractivity contribution in [2.75, 3.05) is 32.1 Å². The van der Waals surface area contributed by atoms with E-state index in [-0.39, 0.29) is 11.8 Å². The molecule has 0 aliphatic carbocycles. The highest BCUT2D eigenvalue weighted by atomic mass is 35.5. The predicted octanol–water partition coefficient (Wildman–Crippen LogP) is 3.76. The summed E-state index contributed by atoms with van der Waals surface area (Å²) in [4.78, 5) is 24.9. The van der Waals surface area contributed by atoms with Crippen LogP contribution in [0.15, 0.2) is 43.1 Å². The Labute approximate surface area is 159 Å². The number of amides is 1. The highest BCUT2D eigenvalue weighted by Crippen LogP contribution is 2.35. The fourth-order valence-corrected chi connectivity index (χ4v) is 3.48. The van der Waals surface area contributed by atoms with Gasteiger partial charge < -0.3 is 9.80 Å². The number of rotatable bonds is 4. The minimum Gasteiger partial charge on any atom is -0.347 e. The van der Waals surface area contributed by atoms with Crippen molar-refractivity contribution in [1.82, 2.24) is 14.9 Å². The van der Waals surface area contributed by atoms with Gasteiger partial charge in [0.2, 0.25) is 11.9 Å². The molecule has 0 unspecified atom stereocenters. The molecule has 0 bridgehead atoms. The van der Waals surface area contributed by atoms with Crippen LogP contribution in [0.4, 0.5) is 5.95 Å². The SMILES string of the molecule is C=CC(=O)N1CCC(c2nc(N(C)C)ncc2-c2cccc(Cl)c2)CC1. The number of halogens is 1. The van der Waals surface area contributed by atoms with Gasteiger partial charge in [-0.2, -0.15) is 0 Å². The molecular formula is C20H23ClN4O. The number of hydrogen-bond acceptors (Lipinski definition) is 4. The smallest absolute Gasteiger partial charge is 0.245 e. The predicted molar refractivity (Wildman–Crippen MR) is 106 cm³/mol. The minimum atomic E-state index is -0.00446. The van der Waals surface area contributed by atoms with Crippen LogP contribution in [-0.2, 0) is 4.79 Å². The number of carbonyl (C=O) groups is 1. The quantitative estimate of drug-likeness (QED) is 0.769. The largest absolute Gasteiger partial charge is 0.347 e. The van der Waals surface area contributed by atoms with Gasteiger partial charge >= 0.3 is 0 Å². The topological polar surface area (TPSA) is 49.3 Å². The molecule has 0 N–H and O–H groups in total. The number of nitrogens with zero attached hydrogens (tertiary/aromatic N) is 4. The number of carbonyl (C=O) groups excluding carboxylic acids is 1. The highest BCUT2D eigenvalue weighted by Gasteiger charge is 2.26. The van der Waals surface area contributed by atoms with E-state index >= 15 is 0 Å². The minimum absolute atomic E-state index is 0.00446. The molecule has 6 heteroatoms. The van der Waals surface area contributed by atoms with Gasteiger partial charge in [0, 0.05) is 49.9 Å². The Morgan fingerprint density at radius 2 is 2.08 bits per heavy atom. The molecule has 2 aromatic rings. The van der Waals surface area contributed by atoms with Crippen LogP contribution in [0.25, 0.3) is 11.1 Å². The Hall–Kier alpha value is -2.40. The lowest BCUT2D eigenvalue weighted by Gasteiger charge is -2.32. The molecule has 1 amide bonds. The first kappa shape index (κ1) is 18.4. The maximum atomic E-state index is 11.8. The van der Waals surface area contributed by atoms with Crippen molar-refractivity contribution in [3.8, 4) is 11.1 Å². The van der Waals surface area contributed by atoms with E-state index in [1.54, 1.807) is 0 Å². The highest BCUT2D eigenvalue weighted by molar-refractivity contribution is 6.30. The van der Waals surface area contributed by atoms with E-state index in [1.165, 1.54) is 6.08 Å². The number of aromatic nitrogens is 2. The van der Waals surface area contributed by atoms with Crippen LogP contribution in [0.2, 0.25) is 5.02 Å². The van der Waals surface area contributed by atoms with E-state index in [0.717, 1.165) is 29.7 Å². The lowest BCUT2D eigenvalue weighted by atomic mass is 9.89. The summed E-state index contributed by atoms with van der Waals surface area (Å²) in [7, 11) is 3.87. The zero-order valence-corrected chi connectivity index (χ0v) is 15.9. The zero-order valence-electron chi connectivity index (χ0n) is 15.2. The van der Waals surface area contributed by atoms with Gasteiger partial charge in [-0.25, -0.2) is 9.97 Å². The van der Waals surface area contributed by atoms with Gasteiger partial charge in [0.05, 0.1) is 5.69 Å². The molecule has 136 valence electrons. The van der Waals surface area contributed by atoms with Crippen LogP contribution < -0.4 is 4.90 Å². The fraction of sp³-hybridized carbons (Fsp3) is 0.350. The third kappa shape index (κ3) is 3.88. The molecule has 1 aromatic carbocycles. The lowest BCUT2D eigenvalue weighted by molar-refractivity contribution is -0.127. The third-order valence-corrected chi connectivity index (χ3v) is 4.94. The van der Waals surface area contributed by atoms with Crippen LogP contribution in [0.3, 0.4) is 0 Å². The molecule has 1 aliphatic heterocycles. The van der Waals surface area contributed by atoms with Crippen molar-refractivity contribution in [1.29, 1.82) is 0 Å². The molecule has 5 nitrogen and oxygen atoms in total. The number of likely N-dealkylation sites (tertiary alicyclic amines) is 1. The molecule has 1 aliphatic rings. The van der Waals surface area contributed by atoms with E-state index in [1.807, 2.05) is 54.4 Å². The number of benzene rings is 1. The Morgan fingerprint density at radius 3 is 2.69 bits per heavy atom. The van der Waals surface area contributed by atoms with Crippen LogP contribution in [0.1, 0.15) is 24.5 Å². The zero-order chi connectivity index (χ0) is 18.7. The van der Waals surface area contributed by atoms with Gasteiger partial charge in [0.1, 0.15) is 0 Å². The van der Waals surface area contributed by atoms with Crippen molar-refractivity contribution in [2.45, 2.75) is 18.8 Å². The Morgan fingerprint density at radius 1 is 1.35 bits per heavy atom. The Balaban J connectivity index is 1.95. The first-order valence-electron chi connectivity index (χ1n) is 8.71. The second-order valence-electron chi connectivity index (χ2n) is 6.68. The lowest BCUT2D eigenvalue weighted by Crippen LogP contribution is -2.37. The summed E-state index contributed by atoms with van der Waals surface area (Å²) in [6.45, 7) is 5.00. The van der Waals surface area contributed by atoms with Crippen molar-refractivity contribution >= 4 is 23.5 Å². The van der Waals surface area contributed by atoms with Crippen molar-refractivity contribution in [3.05, 3.63) is 53.8 Å². The van der Waals surface area contributed by atoms with E-state index in [2.05, 4.69) is 11.6 Å². The summed E-state index contributed by atoms with van der Waals surface area (Å²) in [5.74, 6) is 0.963. The molecule has 26 heavy (non-hydrogen) atoms. The number of piperidine rings is 1. The first-order valence-corrected chi connectivity index (χ1v) is 9.09. The normalized spacial score (nSPS) is 15.0. The van der Waals surface area contributed by atoms with Crippen molar-refractivity contribution in [3.63, 3.8) is 0 Å². The Kier molecular flexibility index (Phi) is 5.57. The van der Waals surface area contributed by atoms with Crippen LogP contribution in [-0.4, -0.2) is 48.0 Å². The van der Waals surface area contributed by atoms with Crippen molar-refractivity contribution in [2.24, 2.45) is 0 Å². The molecule has 0 atom stereocenters. The summed E-state index contributed by atoms with van der Waals surface area (Å²) in [6.07, 6.45) is 5.01. The molecular weight excluding hydrogens is 348 g/mol. The van der Waals surface area contributed by atoms with Crippen LogP contribution in [0.5, 0.6) is 0 Å². The average molecular weight is 371 g/mol. The van der Waals surface area contributed by atoms with Gasteiger partial charge in [0.15, 0.2) is 0 Å². The van der Waals surface area contributed by atoms with Crippen LogP contribution in [0, 0.1) is 0 Å². The molecule has 0 saturated carbocycles. The van der Waals surface area contributed by atoms with Gasteiger partial charge in [0.25, 0.3) is 0 Å².